The van der Waals surface area contributed by atoms with Crippen LogP contribution in [0, 0.1) is 29.1 Å². The molecular formula is C14H26. The molecule has 3 rings (SSSR count). The molecule has 0 heterocycles. The van der Waals surface area contributed by atoms with E-state index in [1.165, 1.54) is 32.1 Å². The summed E-state index contributed by atoms with van der Waals surface area (Å²) in [4.78, 5) is 0. The van der Waals surface area contributed by atoms with Gasteiger partial charge in [-0.1, -0.05) is 40.5 Å². The molecule has 0 aromatic rings. The van der Waals surface area contributed by atoms with Gasteiger partial charge >= 0.3 is 0 Å². The normalized spacial score (nSPS) is 35.6. The summed E-state index contributed by atoms with van der Waals surface area (Å²) in [5, 5.41) is 0. The Bertz CT molecular complexity index is 186. The van der Waals surface area contributed by atoms with E-state index in [9.17, 15) is 0 Å². The van der Waals surface area contributed by atoms with Crippen LogP contribution in [0.3, 0.4) is 0 Å². The smallest absolute Gasteiger partial charge is 0.0220 e. The van der Waals surface area contributed by atoms with Gasteiger partial charge in [0.25, 0.3) is 0 Å². The highest BCUT2D eigenvalue weighted by atomic mass is 14.5. The van der Waals surface area contributed by atoms with Gasteiger partial charge in [-0.2, -0.15) is 0 Å². The Morgan fingerprint density at radius 2 is 1.36 bits per heavy atom. The fourth-order valence-corrected chi connectivity index (χ4v) is 4.65. The van der Waals surface area contributed by atoms with E-state index >= 15 is 0 Å². The summed E-state index contributed by atoms with van der Waals surface area (Å²) in [6.45, 7) is 9.84. The molecule has 0 saturated heterocycles. The van der Waals surface area contributed by atoms with Gasteiger partial charge in [-0.3, -0.25) is 0 Å². The summed E-state index contributed by atoms with van der Waals surface area (Å²) >= 11 is 0. The predicted octanol–water partition coefficient (Wildman–Crippen LogP) is 4.49. The molecule has 3 aliphatic carbocycles. The zero-order valence-electron chi connectivity index (χ0n) is 10.3. The molecule has 0 heteroatoms. The van der Waals surface area contributed by atoms with E-state index < -0.39 is 0 Å². The van der Waals surface area contributed by atoms with Gasteiger partial charge in [-0.15, -0.1) is 0 Å². The van der Waals surface area contributed by atoms with E-state index in [1.54, 1.807) is 0 Å². The largest absolute Gasteiger partial charge is 0.0622 e. The molecule has 0 radical (unpaired) electrons. The van der Waals surface area contributed by atoms with Crippen LogP contribution in [0.2, 0.25) is 0 Å². The summed E-state index contributed by atoms with van der Waals surface area (Å²) < 4.78 is 0. The third kappa shape index (κ3) is 1.33. The Hall–Kier alpha value is 0. The first-order chi connectivity index (χ1) is 6.57. The zero-order chi connectivity index (χ0) is 10.3. The van der Waals surface area contributed by atoms with Gasteiger partial charge in [0, 0.05) is 0 Å². The quantitative estimate of drug-likeness (QED) is 0.607. The average Bonchev–Trinajstić information content (AvgIpc) is 2.18. The molecule has 3 saturated carbocycles. The highest BCUT2D eigenvalue weighted by Crippen LogP contribution is 2.59. The fourth-order valence-electron chi connectivity index (χ4n) is 4.65. The monoisotopic (exact) mass is 194 g/mol. The summed E-state index contributed by atoms with van der Waals surface area (Å²) in [7, 11) is 0. The molecule has 0 aromatic carbocycles. The van der Waals surface area contributed by atoms with Gasteiger partial charge in [-0.05, 0) is 48.3 Å². The van der Waals surface area contributed by atoms with E-state index in [2.05, 4.69) is 27.7 Å². The lowest BCUT2D eigenvalue weighted by molar-refractivity contribution is -0.0712. The molecule has 0 nitrogen and oxygen atoms in total. The standard InChI is InChI=1S/C14H26/c1-10(2)14(11(3)4)9-12-5-7-13(14)8-6-12/h10-13H,5-9H2,1-4H3. The molecule has 0 aliphatic heterocycles. The minimum absolute atomic E-state index is 0.696. The first-order valence-corrected chi connectivity index (χ1v) is 6.57. The lowest BCUT2D eigenvalue weighted by atomic mass is 9.48. The lowest BCUT2D eigenvalue weighted by Gasteiger charge is -2.57. The highest BCUT2D eigenvalue weighted by Gasteiger charge is 2.50. The number of hydrogen-bond donors (Lipinski definition) is 0. The third-order valence-corrected chi connectivity index (χ3v) is 5.40. The maximum Gasteiger partial charge on any atom is -0.0220 e. The maximum absolute atomic E-state index is 2.46. The van der Waals surface area contributed by atoms with Crippen LogP contribution in [-0.4, -0.2) is 0 Å². The van der Waals surface area contributed by atoms with Crippen LogP contribution in [-0.2, 0) is 0 Å². The minimum atomic E-state index is 0.696. The second-order valence-corrected chi connectivity index (χ2v) is 6.34. The Morgan fingerprint density at radius 3 is 1.57 bits per heavy atom. The number of rotatable bonds is 2. The van der Waals surface area contributed by atoms with Crippen LogP contribution in [0.15, 0.2) is 0 Å². The lowest BCUT2D eigenvalue weighted by Crippen LogP contribution is -2.48. The molecule has 0 atom stereocenters. The van der Waals surface area contributed by atoms with Gasteiger partial charge in [0.15, 0.2) is 0 Å². The summed E-state index contributed by atoms with van der Waals surface area (Å²) in [6.07, 6.45) is 7.66. The fraction of sp³-hybridized carbons (Fsp3) is 1.00. The van der Waals surface area contributed by atoms with E-state index in [0.29, 0.717) is 5.41 Å². The number of hydrogen-bond acceptors (Lipinski definition) is 0. The molecule has 2 bridgehead atoms. The van der Waals surface area contributed by atoms with Crippen LogP contribution in [0.1, 0.15) is 59.8 Å². The van der Waals surface area contributed by atoms with Crippen LogP contribution in [0.4, 0.5) is 0 Å². The van der Waals surface area contributed by atoms with Crippen molar-refractivity contribution >= 4 is 0 Å². The molecular weight excluding hydrogens is 168 g/mol. The second kappa shape index (κ2) is 3.54. The van der Waals surface area contributed by atoms with Crippen LogP contribution in [0.5, 0.6) is 0 Å². The van der Waals surface area contributed by atoms with E-state index in [-0.39, 0.29) is 0 Å². The van der Waals surface area contributed by atoms with E-state index in [0.717, 1.165) is 23.7 Å². The van der Waals surface area contributed by atoms with Crippen molar-refractivity contribution < 1.29 is 0 Å². The van der Waals surface area contributed by atoms with Crippen LogP contribution >= 0.6 is 0 Å². The summed E-state index contributed by atoms with van der Waals surface area (Å²) in [6, 6.07) is 0. The SMILES string of the molecule is CC(C)C1(C(C)C)CC2CCC1CC2. The first-order valence-electron chi connectivity index (χ1n) is 6.57. The van der Waals surface area contributed by atoms with Crippen molar-refractivity contribution in [3.8, 4) is 0 Å². The molecule has 0 spiro atoms. The molecule has 14 heavy (non-hydrogen) atoms. The Balaban J connectivity index is 2.27. The van der Waals surface area contributed by atoms with Crippen molar-refractivity contribution in [1.82, 2.24) is 0 Å². The molecule has 0 N–H and O–H groups in total. The topological polar surface area (TPSA) is 0 Å². The van der Waals surface area contributed by atoms with Crippen molar-refractivity contribution in [1.29, 1.82) is 0 Å². The van der Waals surface area contributed by atoms with Gasteiger partial charge < -0.3 is 0 Å². The van der Waals surface area contributed by atoms with Crippen LogP contribution < -0.4 is 0 Å². The number of fused-ring (bicyclic) bond motifs is 3. The second-order valence-electron chi connectivity index (χ2n) is 6.34. The highest BCUT2D eigenvalue weighted by molar-refractivity contribution is 5.00. The van der Waals surface area contributed by atoms with Gasteiger partial charge in [0.2, 0.25) is 0 Å². The molecule has 3 fully saturated rings. The minimum Gasteiger partial charge on any atom is -0.0622 e. The molecule has 0 aromatic heterocycles. The van der Waals surface area contributed by atoms with Crippen molar-refractivity contribution in [3.63, 3.8) is 0 Å². The molecule has 82 valence electrons. The van der Waals surface area contributed by atoms with Crippen molar-refractivity contribution in [2.75, 3.05) is 0 Å². The Labute approximate surface area is 89.5 Å². The first kappa shape index (κ1) is 10.5. The summed E-state index contributed by atoms with van der Waals surface area (Å²) in [5.41, 5.74) is 0.696. The predicted molar refractivity (Wildman–Crippen MR) is 62.2 cm³/mol. The van der Waals surface area contributed by atoms with E-state index in [1.807, 2.05) is 0 Å². The van der Waals surface area contributed by atoms with Crippen molar-refractivity contribution in [2.24, 2.45) is 29.1 Å². The Morgan fingerprint density at radius 1 is 0.857 bits per heavy atom. The van der Waals surface area contributed by atoms with E-state index in [4.69, 9.17) is 0 Å². The van der Waals surface area contributed by atoms with Crippen molar-refractivity contribution in [3.05, 3.63) is 0 Å². The van der Waals surface area contributed by atoms with Crippen LogP contribution in [0.25, 0.3) is 0 Å². The van der Waals surface area contributed by atoms with Gasteiger partial charge in [0.1, 0.15) is 0 Å². The van der Waals surface area contributed by atoms with Gasteiger partial charge in [0.05, 0.1) is 0 Å². The third-order valence-electron chi connectivity index (χ3n) is 5.40. The van der Waals surface area contributed by atoms with Gasteiger partial charge in [-0.25, -0.2) is 0 Å². The Kier molecular flexibility index (Phi) is 2.66. The molecule has 3 aliphatic rings. The zero-order valence-corrected chi connectivity index (χ0v) is 10.3. The molecule has 0 unspecified atom stereocenters. The average molecular weight is 194 g/mol. The summed E-state index contributed by atoms with van der Waals surface area (Å²) in [5.74, 6) is 3.89. The van der Waals surface area contributed by atoms with Crippen molar-refractivity contribution in [2.45, 2.75) is 59.8 Å². The maximum atomic E-state index is 2.46. The molecule has 0 amide bonds.